The predicted octanol–water partition coefficient (Wildman–Crippen LogP) is 4.03. The molecule has 92 valence electrons. The first-order chi connectivity index (χ1) is 8.08. The Bertz CT molecular complexity index is 535. The topological polar surface area (TPSA) is 25.2 Å². The van der Waals surface area contributed by atoms with E-state index in [0.29, 0.717) is 6.04 Å². The zero-order valence-corrected chi connectivity index (χ0v) is 11.3. The van der Waals surface area contributed by atoms with E-state index in [0.717, 1.165) is 17.8 Å². The SMILES string of the molecule is CCC(NC)c1cc2c(C)cc(C)c(C)c2o1. The molecule has 0 saturated carbocycles. The largest absolute Gasteiger partial charge is 0.459 e. The van der Waals surface area contributed by atoms with Crippen molar-refractivity contribution in [3.05, 3.63) is 34.6 Å². The summed E-state index contributed by atoms with van der Waals surface area (Å²) in [6.45, 7) is 8.58. The molecule has 17 heavy (non-hydrogen) atoms. The summed E-state index contributed by atoms with van der Waals surface area (Å²) in [6, 6.07) is 4.72. The summed E-state index contributed by atoms with van der Waals surface area (Å²) in [5.74, 6) is 1.04. The lowest BCUT2D eigenvalue weighted by Crippen LogP contribution is -2.14. The van der Waals surface area contributed by atoms with Gasteiger partial charge in [0.25, 0.3) is 0 Å². The molecule has 2 nitrogen and oxygen atoms in total. The summed E-state index contributed by atoms with van der Waals surface area (Å²) in [5.41, 5.74) is 4.89. The van der Waals surface area contributed by atoms with Gasteiger partial charge in [0.05, 0.1) is 6.04 Å². The Kier molecular flexibility index (Phi) is 3.25. The van der Waals surface area contributed by atoms with Gasteiger partial charge in [-0.2, -0.15) is 0 Å². The highest BCUT2D eigenvalue weighted by Gasteiger charge is 2.15. The van der Waals surface area contributed by atoms with Crippen LogP contribution in [0.15, 0.2) is 16.5 Å². The first-order valence-electron chi connectivity index (χ1n) is 6.26. The van der Waals surface area contributed by atoms with E-state index < -0.39 is 0 Å². The first-order valence-corrected chi connectivity index (χ1v) is 6.26. The highest BCUT2D eigenvalue weighted by molar-refractivity contribution is 5.85. The molecule has 0 spiro atoms. The monoisotopic (exact) mass is 231 g/mol. The van der Waals surface area contributed by atoms with Crippen LogP contribution in [0.3, 0.4) is 0 Å². The van der Waals surface area contributed by atoms with E-state index in [9.17, 15) is 0 Å². The van der Waals surface area contributed by atoms with Gasteiger partial charge in [0.1, 0.15) is 11.3 Å². The second-order valence-corrected chi connectivity index (χ2v) is 4.78. The first kappa shape index (κ1) is 12.2. The van der Waals surface area contributed by atoms with Gasteiger partial charge in [-0.05, 0) is 57.0 Å². The van der Waals surface area contributed by atoms with E-state index in [-0.39, 0.29) is 0 Å². The van der Waals surface area contributed by atoms with Crippen LogP contribution in [0.1, 0.15) is 41.8 Å². The van der Waals surface area contributed by atoms with Crippen molar-refractivity contribution in [2.24, 2.45) is 0 Å². The minimum atomic E-state index is 0.307. The van der Waals surface area contributed by atoms with Gasteiger partial charge in [-0.15, -0.1) is 0 Å². The molecule has 2 heteroatoms. The van der Waals surface area contributed by atoms with Crippen LogP contribution < -0.4 is 5.32 Å². The van der Waals surface area contributed by atoms with Gasteiger partial charge in [-0.25, -0.2) is 0 Å². The van der Waals surface area contributed by atoms with Gasteiger partial charge in [0, 0.05) is 5.39 Å². The Hall–Kier alpha value is -1.28. The molecule has 0 aliphatic rings. The van der Waals surface area contributed by atoms with E-state index in [1.807, 2.05) is 7.05 Å². The van der Waals surface area contributed by atoms with E-state index in [4.69, 9.17) is 4.42 Å². The average Bonchev–Trinajstić information content (AvgIpc) is 2.73. The Labute approximate surface area is 103 Å². The standard InChI is InChI=1S/C15H21NO/c1-6-13(16-5)14-8-12-10(3)7-9(2)11(4)15(12)17-14/h7-8,13,16H,6H2,1-5H3. The molecule has 0 fully saturated rings. The van der Waals surface area contributed by atoms with Gasteiger partial charge in [0.15, 0.2) is 0 Å². The summed E-state index contributed by atoms with van der Waals surface area (Å²) in [4.78, 5) is 0. The van der Waals surface area contributed by atoms with Gasteiger partial charge >= 0.3 is 0 Å². The molecule has 0 aliphatic heterocycles. The molecule has 0 aliphatic carbocycles. The molecule has 0 amide bonds. The van der Waals surface area contributed by atoms with Crippen molar-refractivity contribution in [2.45, 2.75) is 40.2 Å². The second kappa shape index (κ2) is 4.53. The Morgan fingerprint density at radius 3 is 2.47 bits per heavy atom. The van der Waals surface area contributed by atoms with Crippen LogP contribution in [0, 0.1) is 20.8 Å². The van der Waals surface area contributed by atoms with Gasteiger partial charge in [-0.1, -0.05) is 13.0 Å². The molecule has 1 atom stereocenters. The normalized spacial score (nSPS) is 13.2. The number of nitrogens with one attached hydrogen (secondary N) is 1. The minimum Gasteiger partial charge on any atom is -0.459 e. The van der Waals surface area contributed by atoms with Crippen LogP contribution in [0.4, 0.5) is 0 Å². The summed E-state index contributed by atoms with van der Waals surface area (Å²) in [5, 5.41) is 4.54. The van der Waals surface area contributed by atoms with Crippen molar-refractivity contribution in [3.63, 3.8) is 0 Å². The predicted molar refractivity (Wildman–Crippen MR) is 72.5 cm³/mol. The molecule has 1 aromatic heterocycles. The van der Waals surface area contributed by atoms with Crippen molar-refractivity contribution in [2.75, 3.05) is 7.05 Å². The molecular weight excluding hydrogens is 210 g/mol. The molecule has 2 rings (SSSR count). The highest BCUT2D eigenvalue weighted by Crippen LogP contribution is 2.31. The Balaban J connectivity index is 2.64. The second-order valence-electron chi connectivity index (χ2n) is 4.78. The lowest BCUT2D eigenvalue weighted by molar-refractivity contribution is 0.443. The fourth-order valence-electron chi connectivity index (χ4n) is 2.39. The fourth-order valence-corrected chi connectivity index (χ4v) is 2.39. The number of hydrogen-bond donors (Lipinski definition) is 1. The summed E-state index contributed by atoms with van der Waals surface area (Å²) in [7, 11) is 1.98. The lowest BCUT2D eigenvalue weighted by Gasteiger charge is -2.09. The summed E-state index contributed by atoms with van der Waals surface area (Å²) < 4.78 is 6.04. The molecular formula is C15H21NO. The summed E-state index contributed by atoms with van der Waals surface area (Å²) >= 11 is 0. The third-order valence-electron chi connectivity index (χ3n) is 3.64. The van der Waals surface area contributed by atoms with Gasteiger partial charge < -0.3 is 9.73 Å². The van der Waals surface area contributed by atoms with Crippen molar-refractivity contribution < 1.29 is 4.42 Å². The number of aryl methyl sites for hydroxylation is 3. The molecule has 1 N–H and O–H groups in total. The molecule has 0 bridgehead atoms. The van der Waals surface area contributed by atoms with E-state index in [2.05, 4.69) is 45.1 Å². The number of benzene rings is 1. The molecule has 2 aromatic rings. The maximum atomic E-state index is 6.04. The zero-order chi connectivity index (χ0) is 12.6. The van der Waals surface area contributed by atoms with Crippen LogP contribution >= 0.6 is 0 Å². The van der Waals surface area contributed by atoms with E-state index in [1.165, 1.54) is 22.1 Å². The Morgan fingerprint density at radius 2 is 1.88 bits per heavy atom. The third kappa shape index (κ3) is 1.98. The molecule has 0 radical (unpaired) electrons. The van der Waals surface area contributed by atoms with Gasteiger partial charge in [0.2, 0.25) is 0 Å². The average molecular weight is 231 g/mol. The van der Waals surface area contributed by atoms with Crippen molar-refractivity contribution in [3.8, 4) is 0 Å². The molecule has 1 aromatic carbocycles. The maximum Gasteiger partial charge on any atom is 0.137 e. The van der Waals surface area contributed by atoms with Crippen LogP contribution in [0.25, 0.3) is 11.0 Å². The number of hydrogen-bond acceptors (Lipinski definition) is 2. The van der Waals surface area contributed by atoms with E-state index in [1.54, 1.807) is 0 Å². The minimum absolute atomic E-state index is 0.307. The molecule has 1 unspecified atom stereocenters. The van der Waals surface area contributed by atoms with Gasteiger partial charge in [-0.3, -0.25) is 0 Å². The van der Waals surface area contributed by atoms with Crippen LogP contribution in [-0.2, 0) is 0 Å². The summed E-state index contributed by atoms with van der Waals surface area (Å²) in [6.07, 6.45) is 1.04. The molecule has 0 saturated heterocycles. The highest BCUT2D eigenvalue weighted by atomic mass is 16.3. The van der Waals surface area contributed by atoms with Crippen molar-refractivity contribution >= 4 is 11.0 Å². The smallest absolute Gasteiger partial charge is 0.137 e. The number of furan rings is 1. The van der Waals surface area contributed by atoms with Crippen LogP contribution in [0.5, 0.6) is 0 Å². The third-order valence-corrected chi connectivity index (χ3v) is 3.64. The van der Waals surface area contributed by atoms with Crippen molar-refractivity contribution in [1.82, 2.24) is 5.32 Å². The number of fused-ring (bicyclic) bond motifs is 1. The Morgan fingerprint density at radius 1 is 1.18 bits per heavy atom. The fraction of sp³-hybridized carbons (Fsp3) is 0.467. The van der Waals surface area contributed by atoms with Crippen LogP contribution in [-0.4, -0.2) is 7.05 Å². The maximum absolute atomic E-state index is 6.04. The number of rotatable bonds is 3. The quantitative estimate of drug-likeness (QED) is 0.862. The van der Waals surface area contributed by atoms with Crippen molar-refractivity contribution in [1.29, 1.82) is 0 Å². The van der Waals surface area contributed by atoms with E-state index >= 15 is 0 Å². The lowest BCUT2D eigenvalue weighted by atomic mass is 10.0. The zero-order valence-electron chi connectivity index (χ0n) is 11.3. The van der Waals surface area contributed by atoms with Crippen LogP contribution in [0.2, 0.25) is 0 Å². The molecule has 1 heterocycles.